The number of hydrogen-bond donors (Lipinski definition) is 1. The molecule has 1 amide bonds. The normalized spacial score (nSPS) is 16.3. The monoisotopic (exact) mass is 472 g/mol. The van der Waals surface area contributed by atoms with E-state index in [9.17, 15) is 18.0 Å². The van der Waals surface area contributed by atoms with Crippen molar-refractivity contribution in [1.29, 1.82) is 0 Å². The predicted molar refractivity (Wildman–Crippen MR) is 123 cm³/mol. The first-order valence-corrected chi connectivity index (χ1v) is 11.6. The van der Waals surface area contributed by atoms with Crippen LogP contribution in [0.3, 0.4) is 0 Å². The molecule has 172 valence electrons. The third-order valence-corrected chi connectivity index (χ3v) is 6.56. The van der Waals surface area contributed by atoms with E-state index >= 15 is 0 Å². The van der Waals surface area contributed by atoms with Gasteiger partial charge in [0.05, 0.1) is 11.3 Å². The Hall–Kier alpha value is -2.97. The van der Waals surface area contributed by atoms with Crippen LogP contribution in [-0.2, 0) is 23.9 Å². The Bertz CT molecular complexity index is 1140. The summed E-state index contributed by atoms with van der Waals surface area (Å²) < 4.78 is 44.7. The molecule has 0 radical (unpaired) electrons. The molecule has 4 nitrogen and oxygen atoms in total. The minimum Gasteiger partial charge on any atom is -0.457 e. The number of hydrogen-bond acceptors (Lipinski definition) is 4. The average Bonchev–Trinajstić information content (AvgIpc) is 3.18. The summed E-state index contributed by atoms with van der Waals surface area (Å²) in [7, 11) is 0. The summed E-state index contributed by atoms with van der Waals surface area (Å²) in [5, 5.41) is 1.36. The van der Waals surface area contributed by atoms with Crippen LogP contribution in [0.25, 0.3) is 0 Å². The van der Waals surface area contributed by atoms with Crippen molar-refractivity contribution in [2.75, 3.05) is 5.75 Å². The predicted octanol–water partition coefficient (Wildman–Crippen LogP) is 6.34. The van der Waals surface area contributed by atoms with Gasteiger partial charge in [-0.1, -0.05) is 49.4 Å². The zero-order valence-corrected chi connectivity index (χ0v) is 18.7. The molecule has 3 aromatic carbocycles. The second-order valence-electron chi connectivity index (χ2n) is 7.58. The van der Waals surface area contributed by atoms with Crippen LogP contribution in [-0.4, -0.2) is 16.7 Å². The SMILES string of the molecule is CCc1ccccc1CNN1C(=O)CSC1c1cccc(Oc2cccc(C(F)(F)F)c2)c1. The number of ether oxygens (including phenoxy) is 1. The van der Waals surface area contributed by atoms with Gasteiger partial charge in [-0.2, -0.15) is 13.2 Å². The van der Waals surface area contributed by atoms with Crippen molar-refractivity contribution < 1.29 is 22.7 Å². The first kappa shape index (κ1) is 23.2. The maximum Gasteiger partial charge on any atom is 0.416 e. The van der Waals surface area contributed by atoms with Crippen LogP contribution in [0.15, 0.2) is 72.8 Å². The van der Waals surface area contributed by atoms with Crippen molar-refractivity contribution in [2.24, 2.45) is 0 Å². The molecule has 1 aliphatic rings. The molecule has 0 saturated carbocycles. The van der Waals surface area contributed by atoms with Gasteiger partial charge in [-0.3, -0.25) is 9.80 Å². The van der Waals surface area contributed by atoms with Gasteiger partial charge < -0.3 is 4.74 Å². The van der Waals surface area contributed by atoms with Crippen LogP contribution in [0.1, 0.15) is 34.6 Å². The highest BCUT2D eigenvalue weighted by molar-refractivity contribution is 8.00. The Kier molecular flexibility index (Phi) is 6.95. The summed E-state index contributed by atoms with van der Waals surface area (Å²) in [5.41, 5.74) is 5.67. The molecule has 1 atom stereocenters. The number of rotatable bonds is 7. The van der Waals surface area contributed by atoms with Gasteiger partial charge in [-0.05, 0) is 53.4 Å². The lowest BCUT2D eigenvalue weighted by molar-refractivity contribution is -0.137. The van der Waals surface area contributed by atoms with Gasteiger partial charge in [0.1, 0.15) is 16.9 Å². The van der Waals surface area contributed by atoms with Crippen LogP contribution in [0, 0.1) is 0 Å². The topological polar surface area (TPSA) is 41.6 Å². The fraction of sp³-hybridized carbons (Fsp3) is 0.240. The maximum absolute atomic E-state index is 13.0. The number of nitrogens with zero attached hydrogens (tertiary/aromatic N) is 1. The molecule has 8 heteroatoms. The number of alkyl halides is 3. The molecular weight excluding hydrogens is 449 g/mol. The van der Waals surface area contributed by atoms with E-state index in [1.165, 1.54) is 29.5 Å². The number of benzene rings is 3. The van der Waals surface area contributed by atoms with Gasteiger partial charge in [0.25, 0.3) is 0 Å². The molecule has 33 heavy (non-hydrogen) atoms. The average molecular weight is 473 g/mol. The Morgan fingerprint density at radius 2 is 1.70 bits per heavy atom. The summed E-state index contributed by atoms with van der Waals surface area (Å²) in [6.07, 6.45) is -3.54. The van der Waals surface area contributed by atoms with Crippen molar-refractivity contribution in [3.05, 3.63) is 95.1 Å². The molecule has 1 unspecified atom stereocenters. The van der Waals surface area contributed by atoms with Gasteiger partial charge in [0, 0.05) is 6.54 Å². The van der Waals surface area contributed by atoms with E-state index < -0.39 is 11.7 Å². The molecule has 3 aromatic rings. The fourth-order valence-electron chi connectivity index (χ4n) is 3.69. The quantitative estimate of drug-likeness (QED) is 0.436. The third kappa shape index (κ3) is 5.51. The Morgan fingerprint density at radius 3 is 2.42 bits per heavy atom. The zero-order chi connectivity index (χ0) is 23.4. The van der Waals surface area contributed by atoms with Crippen molar-refractivity contribution in [3.63, 3.8) is 0 Å². The van der Waals surface area contributed by atoms with Gasteiger partial charge in [-0.15, -0.1) is 11.8 Å². The van der Waals surface area contributed by atoms with E-state index in [0.29, 0.717) is 18.0 Å². The summed E-state index contributed by atoms with van der Waals surface area (Å²) in [5.74, 6) is 0.820. The Labute approximate surface area is 194 Å². The van der Waals surface area contributed by atoms with Crippen LogP contribution in [0.2, 0.25) is 0 Å². The number of carbonyl (C=O) groups is 1. The zero-order valence-electron chi connectivity index (χ0n) is 17.9. The number of hydrazine groups is 1. The van der Waals surface area contributed by atoms with Crippen LogP contribution < -0.4 is 10.2 Å². The van der Waals surface area contributed by atoms with Crippen molar-refractivity contribution >= 4 is 17.7 Å². The molecule has 0 aliphatic carbocycles. The standard InChI is InChI=1S/C25H23F3N2O2S/c1-2-17-7-3-4-8-19(17)15-29-30-23(31)16-33-24(30)18-9-5-11-21(13-18)32-22-12-6-10-20(14-22)25(26,27)28/h3-14,24,29H,2,15-16H2,1H3. The fourth-order valence-corrected chi connectivity index (χ4v) is 4.81. The van der Waals surface area contributed by atoms with E-state index in [2.05, 4.69) is 18.4 Å². The highest BCUT2D eigenvalue weighted by Gasteiger charge is 2.33. The van der Waals surface area contributed by atoms with E-state index in [1.807, 2.05) is 24.3 Å². The highest BCUT2D eigenvalue weighted by atomic mass is 32.2. The molecular formula is C25H23F3N2O2S. The molecule has 1 aliphatic heterocycles. The van der Waals surface area contributed by atoms with Gasteiger partial charge in [0.2, 0.25) is 5.91 Å². The molecule has 1 saturated heterocycles. The largest absolute Gasteiger partial charge is 0.457 e. The van der Waals surface area contributed by atoms with E-state index in [1.54, 1.807) is 23.2 Å². The van der Waals surface area contributed by atoms with Crippen molar-refractivity contribution in [3.8, 4) is 11.5 Å². The molecule has 1 fully saturated rings. The third-order valence-electron chi connectivity index (χ3n) is 5.35. The van der Waals surface area contributed by atoms with E-state index in [4.69, 9.17) is 4.74 Å². The Balaban J connectivity index is 1.50. The van der Waals surface area contributed by atoms with Crippen LogP contribution >= 0.6 is 11.8 Å². The lowest BCUT2D eigenvalue weighted by atomic mass is 10.1. The second kappa shape index (κ2) is 9.89. The number of nitrogens with one attached hydrogen (secondary N) is 1. The number of halogens is 3. The lowest BCUT2D eigenvalue weighted by Crippen LogP contribution is -2.40. The highest BCUT2D eigenvalue weighted by Crippen LogP contribution is 2.39. The lowest BCUT2D eigenvalue weighted by Gasteiger charge is -2.25. The van der Waals surface area contributed by atoms with Crippen molar-refractivity contribution in [2.45, 2.75) is 31.4 Å². The number of thioether (sulfide) groups is 1. The van der Waals surface area contributed by atoms with Gasteiger partial charge in [-0.25, -0.2) is 5.43 Å². The summed E-state index contributed by atoms with van der Waals surface area (Å²) in [4.78, 5) is 12.5. The Morgan fingerprint density at radius 1 is 1.00 bits per heavy atom. The van der Waals surface area contributed by atoms with Crippen molar-refractivity contribution in [1.82, 2.24) is 10.4 Å². The van der Waals surface area contributed by atoms with E-state index in [-0.39, 0.29) is 17.0 Å². The molecule has 4 rings (SSSR count). The number of aryl methyl sites for hydroxylation is 1. The van der Waals surface area contributed by atoms with Crippen LogP contribution in [0.4, 0.5) is 13.2 Å². The summed E-state index contributed by atoms with van der Waals surface area (Å²) >= 11 is 1.49. The molecule has 1 heterocycles. The first-order chi connectivity index (χ1) is 15.8. The molecule has 1 N–H and O–H groups in total. The van der Waals surface area contributed by atoms with Crippen LogP contribution in [0.5, 0.6) is 11.5 Å². The van der Waals surface area contributed by atoms with Gasteiger partial charge in [0.15, 0.2) is 0 Å². The summed E-state index contributed by atoms with van der Waals surface area (Å²) in [6.45, 7) is 2.61. The summed E-state index contributed by atoms with van der Waals surface area (Å²) in [6, 6.07) is 19.9. The first-order valence-electron chi connectivity index (χ1n) is 10.5. The number of carbonyl (C=O) groups excluding carboxylic acids is 1. The minimum absolute atomic E-state index is 0.0248. The maximum atomic E-state index is 13.0. The minimum atomic E-state index is -4.44. The van der Waals surface area contributed by atoms with Gasteiger partial charge >= 0.3 is 6.18 Å². The smallest absolute Gasteiger partial charge is 0.416 e. The number of amides is 1. The molecule has 0 spiro atoms. The molecule has 0 bridgehead atoms. The molecule has 0 aromatic heterocycles. The van der Waals surface area contributed by atoms with E-state index in [0.717, 1.165) is 29.7 Å². The second-order valence-corrected chi connectivity index (χ2v) is 8.65.